The smallest absolute Gasteiger partial charge is 0.0181 e. The largest absolute Gasteiger partial charge is 0.0622 e. The number of rotatable bonds is 4. The van der Waals surface area contributed by atoms with Crippen molar-refractivity contribution in [2.45, 2.75) is 0 Å². The van der Waals surface area contributed by atoms with Crippen LogP contribution in [0.25, 0.3) is 76.8 Å². The van der Waals surface area contributed by atoms with Crippen LogP contribution in [-0.4, -0.2) is 0 Å². The van der Waals surface area contributed by atoms with Crippen molar-refractivity contribution in [3.8, 4) is 44.5 Å². The van der Waals surface area contributed by atoms with Crippen LogP contribution >= 0.6 is 15.9 Å². The van der Waals surface area contributed by atoms with Crippen LogP contribution in [0.1, 0.15) is 0 Å². The second-order valence-electron chi connectivity index (χ2n) is 10.9. The van der Waals surface area contributed by atoms with Crippen LogP contribution in [0.4, 0.5) is 0 Å². The molecule has 0 amide bonds. The minimum absolute atomic E-state index is 1.08. The van der Waals surface area contributed by atoms with Gasteiger partial charge in [0.25, 0.3) is 0 Å². The van der Waals surface area contributed by atoms with Crippen LogP contribution in [0, 0.1) is 0 Å². The average Bonchev–Trinajstić information content (AvgIpc) is 3.08. The van der Waals surface area contributed by atoms with E-state index in [4.69, 9.17) is 0 Å². The topological polar surface area (TPSA) is 0 Å². The van der Waals surface area contributed by atoms with E-state index in [0.29, 0.717) is 0 Å². The molecule has 0 unspecified atom stereocenters. The third-order valence-corrected chi connectivity index (χ3v) is 8.98. The van der Waals surface area contributed by atoms with Crippen LogP contribution in [0.5, 0.6) is 0 Å². The van der Waals surface area contributed by atoms with E-state index in [2.05, 4.69) is 180 Å². The lowest BCUT2D eigenvalue weighted by Crippen LogP contribution is -1.99. The average molecular weight is 612 g/mol. The van der Waals surface area contributed by atoms with Crippen molar-refractivity contribution in [1.82, 2.24) is 0 Å². The third kappa shape index (κ3) is 4.28. The van der Waals surface area contributed by atoms with Gasteiger partial charge in [0.05, 0.1) is 0 Å². The van der Waals surface area contributed by atoms with Crippen molar-refractivity contribution >= 4 is 48.2 Å². The highest BCUT2D eigenvalue weighted by molar-refractivity contribution is 9.10. The molecule has 43 heavy (non-hydrogen) atoms. The summed E-state index contributed by atoms with van der Waals surface area (Å²) in [6.07, 6.45) is 0. The fourth-order valence-electron chi connectivity index (χ4n) is 6.76. The SMILES string of the molecule is Brc1ccc2c(c1)c1ccccc1c1c(-c3ccccc3)c(-c3ccccc3)c(-c3ccccc3)c(-c3ccccc3)c21. The summed E-state index contributed by atoms with van der Waals surface area (Å²) < 4.78 is 1.08. The van der Waals surface area contributed by atoms with Crippen LogP contribution in [0.2, 0.25) is 0 Å². The van der Waals surface area contributed by atoms with Crippen molar-refractivity contribution in [2.24, 2.45) is 0 Å². The molecule has 8 aromatic carbocycles. The van der Waals surface area contributed by atoms with Crippen LogP contribution in [0.3, 0.4) is 0 Å². The minimum Gasteiger partial charge on any atom is -0.0622 e. The Morgan fingerprint density at radius 1 is 0.279 bits per heavy atom. The second-order valence-corrected chi connectivity index (χ2v) is 11.9. The molecule has 202 valence electrons. The Hall–Kier alpha value is -4.98. The fourth-order valence-corrected chi connectivity index (χ4v) is 7.12. The Balaban J connectivity index is 1.78. The molecule has 0 bridgehead atoms. The van der Waals surface area contributed by atoms with Crippen LogP contribution in [-0.2, 0) is 0 Å². The van der Waals surface area contributed by atoms with Gasteiger partial charge < -0.3 is 0 Å². The number of fused-ring (bicyclic) bond motifs is 6. The van der Waals surface area contributed by atoms with Crippen LogP contribution < -0.4 is 0 Å². The molecule has 0 radical (unpaired) electrons. The Kier molecular flexibility index (Phi) is 6.39. The second kappa shape index (κ2) is 10.7. The van der Waals surface area contributed by atoms with Gasteiger partial charge >= 0.3 is 0 Å². The highest BCUT2D eigenvalue weighted by atomic mass is 79.9. The van der Waals surface area contributed by atoms with E-state index in [1.807, 2.05) is 0 Å². The van der Waals surface area contributed by atoms with Crippen LogP contribution in [0.15, 0.2) is 168 Å². The van der Waals surface area contributed by atoms with Crippen molar-refractivity contribution in [3.05, 3.63) is 168 Å². The summed E-state index contributed by atoms with van der Waals surface area (Å²) in [6.45, 7) is 0. The van der Waals surface area contributed by atoms with Gasteiger partial charge in [-0.3, -0.25) is 0 Å². The van der Waals surface area contributed by atoms with Crippen molar-refractivity contribution in [2.75, 3.05) is 0 Å². The maximum atomic E-state index is 3.79. The predicted octanol–water partition coefficient (Wildman–Crippen LogP) is 12.6. The zero-order valence-corrected chi connectivity index (χ0v) is 25.1. The molecule has 0 atom stereocenters. The number of hydrogen-bond donors (Lipinski definition) is 0. The Bertz CT molecular complexity index is 2250. The molecule has 1 heteroatoms. The van der Waals surface area contributed by atoms with Gasteiger partial charge in [-0.1, -0.05) is 168 Å². The van der Waals surface area contributed by atoms with E-state index in [9.17, 15) is 0 Å². The molecule has 0 fully saturated rings. The Morgan fingerprint density at radius 2 is 0.628 bits per heavy atom. The first-order valence-corrected chi connectivity index (χ1v) is 15.4. The van der Waals surface area contributed by atoms with Gasteiger partial charge in [0.1, 0.15) is 0 Å². The van der Waals surface area contributed by atoms with E-state index < -0.39 is 0 Å². The summed E-state index contributed by atoms with van der Waals surface area (Å²) in [7, 11) is 0. The van der Waals surface area contributed by atoms with Gasteiger partial charge in [0, 0.05) is 4.47 Å². The molecular weight excluding hydrogens is 584 g/mol. The first-order chi connectivity index (χ1) is 21.3. The Morgan fingerprint density at radius 3 is 1.07 bits per heavy atom. The minimum atomic E-state index is 1.08. The molecule has 0 aromatic heterocycles. The third-order valence-electron chi connectivity index (χ3n) is 8.49. The molecule has 0 nitrogen and oxygen atoms in total. The summed E-state index contributed by atoms with van der Waals surface area (Å²) in [4.78, 5) is 0. The lowest BCUT2D eigenvalue weighted by molar-refractivity contribution is 1.57. The molecule has 0 N–H and O–H groups in total. The first kappa shape index (κ1) is 25.7. The van der Waals surface area contributed by atoms with E-state index >= 15 is 0 Å². The Labute approximate surface area is 260 Å². The highest BCUT2D eigenvalue weighted by Gasteiger charge is 2.26. The molecule has 0 heterocycles. The molecule has 8 aromatic rings. The molecule has 0 aliphatic heterocycles. The number of halogens is 1. The van der Waals surface area contributed by atoms with Gasteiger partial charge in [0.15, 0.2) is 0 Å². The standard InChI is InChI=1S/C42H27Br/c43-32-25-26-35-36(27-32)33-23-13-14-24-34(33)41-39(30-19-9-3-10-20-30)37(28-15-5-1-6-16-28)38(29-17-7-2-8-18-29)40(42(35)41)31-21-11-4-12-22-31/h1-27H. The molecule has 0 spiro atoms. The summed E-state index contributed by atoms with van der Waals surface area (Å²) in [5, 5.41) is 7.59. The zero-order valence-electron chi connectivity index (χ0n) is 23.5. The van der Waals surface area contributed by atoms with Gasteiger partial charge in [0.2, 0.25) is 0 Å². The predicted molar refractivity (Wildman–Crippen MR) is 188 cm³/mol. The summed E-state index contributed by atoms with van der Waals surface area (Å²) >= 11 is 3.79. The number of benzene rings is 8. The normalized spacial score (nSPS) is 11.4. The first-order valence-electron chi connectivity index (χ1n) is 14.6. The van der Waals surface area contributed by atoms with Gasteiger partial charge in [-0.15, -0.1) is 0 Å². The summed E-state index contributed by atoms with van der Waals surface area (Å²) in [5.74, 6) is 0. The maximum Gasteiger partial charge on any atom is 0.0181 e. The monoisotopic (exact) mass is 610 g/mol. The molecule has 0 saturated heterocycles. The van der Waals surface area contributed by atoms with Gasteiger partial charge in [-0.25, -0.2) is 0 Å². The fraction of sp³-hybridized carbons (Fsp3) is 0. The lowest BCUT2D eigenvalue weighted by atomic mass is 9.76. The molecule has 0 aliphatic carbocycles. The molecule has 8 rings (SSSR count). The van der Waals surface area contributed by atoms with E-state index in [1.54, 1.807) is 0 Å². The van der Waals surface area contributed by atoms with Gasteiger partial charge in [-0.05, 0) is 89.0 Å². The van der Waals surface area contributed by atoms with Gasteiger partial charge in [-0.2, -0.15) is 0 Å². The molecule has 0 saturated carbocycles. The summed E-state index contributed by atoms with van der Waals surface area (Å²) in [5.41, 5.74) is 9.87. The molecular formula is C42H27Br. The van der Waals surface area contributed by atoms with Crippen molar-refractivity contribution in [3.63, 3.8) is 0 Å². The zero-order chi connectivity index (χ0) is 28.8. The van der Waals surface area contributed by atoms with E-state index in [1.165, 1.54) is 76.8 Å². The number of hydrogen-bond acceptors (Lipinski definition) is 0. The molecule has 0 aliphatic rings. The van der Waals surface area contributed by atoms with E-state index in [-0.39, 0.29) is 0 Å². The van der Waals surface area contributed by atoms with E-state index in [0.717, 1.165) is 4.47 Å². The maximum absolute atomic E-state index is 3.79. The quantitative estimate of drug-likeness (QED) is 0.174. The lowest BCUT2D eigenvalue weighted by Gasteiger charge is -2.26. The summed E-state index contributed by atoms with van der Waals surface area (Å²) in [6, 6.07) is 59.4. The highest BCUT2D eigenvalue weighted by Crippen LogP contribution is 2.54. The van der Waals surface area contributed by atoms with Crippen molar-refractivity contribution in [1.29, 1.82) is 0 Å². The van der Waals surface area contributed by atoms with Crippen molar-refractivity contribution < 1.29 is 0 Å².